The van der Waals surface area contributed by atoms with Crippen molar-refractivity contribution in [2.24, 2.45) is 0 Å². The van der Waals surface area contributed by atoms with E-state index in [1.165, 1.54) is 0 Å². The van der Waals surface area contributed by atoms with Crippen LogP contribution in [0.15, 0.2) is 34.8 Å². The highest BCUT2D eigenvalue weighted by molar-refractivity contribution is 9.10. The van der Waals surface area contributed by atoms with Gasteiger partial charge in [0.1, 0.15) is 0 Å². The molecule has 1 atom stereocenters. The van der Waals surface area contributed by atoms with Crippen LogP contribution in [0.5, 0.6) is 0 Å². The van der Waals surface area contributed by atoms with E-state index in [4.69, 9.17) is 0 Å². The van der Waals surface area contributed by atoms with Crippen LogP contribution in [-0.2, 0) is 4.79 Å². The van der Waals surface area contributed by atoms with E-state index in [0.717, 1.165) is 18.5 Å². The molecule has 6 nitrogen and oxygen atoms in total. The molecule has 0 radical (unpaired) electrons. The first-order valence-corrected chi connectivity index (χ1v) is 8.17. The van der Waals surface area contributed by atoms with Crippen LogP contribution in [-0.4, -0.2) is 33.7 Å². The number of hydrogen-bond donors (Lipinski definition) is 3. The minimum atomic E-state index is -0.976. The van der Waals surface area contributed by atoms with Gasteiger partial charge in [0, 0.05) is 12.5 Å². The normalized spacial score (nSPS) is 15.2. The number of hydrogen-bond acceptors (Lipinski definition) is 3. The molecule has 3 N–H and O–H groups in total. The Labute approximate surface area is 141 Å². The van der Waals surface area contributed by atoms with Gasteiger partial charge in [-0.25, -0.2) is 0 Å². The van der Waals surface area contributed by atoms with Crippen molar-refractivity contribution >= 4 is 27.8 Å². The van der Waals surface area contributed by atoms with Gasteiger partial charge in [-0.2, -0.15) is 5.10 Å². The molecule has 1 amide bonds. The SMILES string of the molecule is O=C(NCC(C(=O)O)c1ccccc1)c1n[nH]c(C2CC2)c1Br. The fourth-order valence-corrected chi connectivity index (χ4v) is 3.13. The number of aromatic nitrogens is 2. The fraction of sp³-hybridized carbons (Fsp3) is 0.312. The molecule has 1 aliphatic rings. The highest BCUT2D eigenvalue weighted by Gasteiger charge is 2.30. The molecule has 0 spiro atoms. The number of rotatable bonds is 6. The Morgan fingerprint density at radius 2 is 2.04 bits per heavy atom. The van der Waals surface area contributed by atoms with E-state index in [1.54, 1.807) is 24.3 Å². The lowest BCUT2D eigenvalue weighted by Gasteiger charge is -2.13. The third-order valence-corrected chi connectivity index (χ3v) is 4.70. The molecule has 1 heterocycles. The van der Waals surface area contributed by atoms with Gasteiger partial charge in [-0.05, 0) is 34.3 Å². The molecule has 1 aromatic carbocycles. The van der Waals surface area contributed by atoms with Crippen LogP contribution in [0.1, 0.15) is 46.4 Å². The van der Waals surface area contributed by atoms with E-state index < -0.39 is 11.9 Å². The van der Waals surface area contributed by atoms with Crippen LogP contribution in [0.2, 0.25) is 0 Å². The fourth-order valence-electron chi connectivity index (χ4n) is 2.45. The summed E-state index contributed by atoms with van der Waals surface area (Å²) in [4.78, 5) is 23.7. The molecule has 7 heteroatoms. The van der Waals surface area contributed by atoms with E-state index >= 15 is 0 Å². The molecule has 1 fully saturated rings. The minimum absolute atomic E-state index is 0.0102. The van der Waals surface area contributed by atoms with Gasteiger partial charge in [0.05, 0.1) is 16.1 Å². The minimum Gasteiger partial charge on any atom is -0.481 e. The first kappa shape index (κ1) is 15.7. The molecule has 0 aliphatic heterocycles. The lowest BCUT2D eigenvalue weighted by Crippen LogP contribution is -2.32. The lowest BCUT2D eigenvalue weighted by molar-refractivity contribution is -0.138. The number of nitrogens with one attached hydrogen (secondary N) is 2. The van der Waals surface area contributed by atoms with Gasteiger partial charge < -0.3 is 10.4 Å². The van der Waals surface area contributed by atoms with E-state index in [9.17, 15) is 14.7 Å². The van der Waals surface area contributed by atoms with E-state index in [2.05, 4.69) is 31.4 Å². The first-order valence-electron chi connectivity index (χ1n) is 7.37. The summed E-state index contributed by atoms with van der Waals surface area (Å²) in [6.45, 7) is 0.0102. The van der Waals surface area contributed by atoms with Gasteiger partial charge in [0.15, 0.2) is 5.69 Å². The summed E-state index contributed by atoms with van der Waals surface area (Å²) in [6.07, 6.45) is 2.19. The number of amides is 1. The molecule has 1 aromatic heterocycles. The highest BCUT2D eigenvalue weighted by atomic mass is 79.9. The van der Waals surface area contributed by atoms with Gasteiger partial charge in [0.2, 0.25) is 0 Å². The maximum Gasteiger partial charge on any atom is 0.312 e. The van der Waals surface area contributed by atoms with Crippen LogP contribution in [0.25, 0.3) is 0 Å². The predicted octanol–water partition coefficient (Wildman–Crippen LogP) is 2.65. The van der Waals surface area contributed by atoms with Crippen LogP contribution >= 0.6 is 15.9 Å². The number of carboxylic acid groups (broad SMARTS) is 1. The van der Waals surface area contributed by atoms with Gasteiger partial charge in [-0.1, -0.05) is 30.3 Å². The van der Waals surface area contributed by atoms with Gasteiger partial charge in [0.25, 0.3) is 5.91 Å². The van der Waals surface area contributed by atoms with Crippen LogP contribution < -0.4 is 5.32 Å². The monoisotopic (exact) mass is 377 g/mol. The van der Waals surface area contributed by atoms with Crippen molar-refractivity contribution in [1.82, 2.24) is 15.5 Å². The van der Waals surface area contributed by atoms with Crippen molar-refractivity contribution in [3.05, 3.63) is 51.8 Å². The summed E-state index contributed by atoms with van der Waals surface area (Å²) in [7, 11) is 0. The smallest absolute Gasteiger partial charge is 0.312 e. The number of carbonyl (C=O) groups excluding carboxylic acids is 1. The van der Waals surface area contributed by atoms with Crippen molar-refractivity contribution < 1.29 is 14.7 Å². The second kappa shape index (κ2) is 6.54. The number of H-pyrrole nitrogens is 1. The molecular formula is C16H16BrN3O3. The second-order valence-electron chi connectivity index (χ2n) is 5.59. The number of benzene rings is 1. The summed E-state index contributed by atoms with van der Waals surface area (Å²) >= 11 is 3.40. The quantitative estimate of drug-likeness (QED) is 0.720. The molecule has 120 valence electrons. The Balaban J connectivity index is 1.69. The van der Waals surface area contributed by atoms with Gasteiger partial charge in [-0.15, -0.1) is 0 Å². The topological polar surface area (TPSA) is 95.1 Å². The number of carbonyl (C=O) groups is 2. The highest BCUT2D eigenvalue weighted by Crippen LogP contribution is 2.42. The van der Waals surface area contributed by atoms with E-state index in [0.29, 0.717) is 16.0 Å². The number of nitrogens with zero attached hydrogens (tertiary/aromatic N) is 1. The summed E-state index contributed by atoms with van der Waals surface area (Å²) in [5, 5.41) is 19.0. The maximum atomic E-state index is 12.3. The van der Waals surface area contributed by atoms with Gasteiger partial charge in [-0.3, -0.25) is 14.7 Å². The van der Waals surface area contributed by atoms with E-state index in [-0.39, 0.29) is 18.1 Å². The molecule has 2 aromatic rings. The van der Waals surface area contributed by atoms with Gasteiger partial charge >= 0.3 is 5.97 Å². The largest absolute Gasteiger partial charge is 0.481 e. The molecule has 0 bridgehead atoms. The summed E-state index contributed by atoms with van der Waals surface area (Å²) < 4.78 is 0.670. The molecule has 23 heavy (non-hydrogen) atoms. The summed E-state index contributed by atoms with van der Waals surface area (Å²) in [6, 6.07) is 8.85. The second-order valence-corrected chi connectivity index (χ2v) is 6.38. The van der Waals surface area contributed by atoms with Crippen molar-refractivity contribution in [3.63, 3.8) is 0 Å². The summed E-state index contributed by atoms with van der Waals surface area (Å²) in [5.41, 5.74) is 1.86. The molecule has 1 saturated carbocycles. The Bertz CT molecular complexity index is 725. The van der Waals surface area contributed by atoms with Crippen LogP contribution in [0, 0.1) is 0 Å². The number of halogens is 1. The molecule has 1 unspecified atom stereocenters. The van der Waals surface area contributed by atoms with Crippen molar-refractivity contribution in [3.8, 4) is 0 Å². The zero-order chi connectivity index (χ0) is 16.4. The average molecular weight is 378 g/mol. The number of aromatic amines is 1. The zero-order valence-corrected chi connectivity index (χ0v) is 13.8. The molecular weight excluding hydrogens is 362 g/mol. The maximum absolute atomic E-state index is 12.3. The molecule has 3 rings (SSSR count). The number of carboxylic acids is 1. The lowest BCUT2D eigenvalue weighted by atomic mass is 9.99. The van der Waals surface area contributed by atoms with Crippen molar-refractivity contribution in [2.75, 3.05) is 6.54 Å². The standard InChI is InChI=1S/C16H16BrN3O3/c17-12-13(10-6-7-10)19-20-14(12)15(21)18-8-11(16(22)23)9-4-2-1-3-5-9/h1-5,10-11H,6-8H2,(H,18,21)(H,19,20)(H,22,23). The Morgan fingerprint density at radius 3 is 2.65 bits per heavy atom. The molecule has 0 saturated heterocycles. The van der Waals surface area contributed by atoms with Crippen molar-refractivity contribution in [2.45, 2.75) is 24.7 Å². The van der Waals surface area contributed by atoms with Crippen LogP contribution in [0.3, 0.4) is 0 Å². The van der Waals surface area contributed by atoms with Crippen LogP contribution in [0.4, 0.5) is 0 Å². The Kier molecular flexibility index (Phi) is 4.47. The zero-order valence-electron chi connectivity index (χ0n) is 12.3. The number of aliphatic carboxylic acids is 1. The average Bonchev–Trinajstić information content (AvgIpc) is 3.30. The molecule has 1 aliphatic carbocycles. The first-order chi connectivity index (χ1) is 11.1. The predicted molar refractivity (Wildman–Crippen MR) is 87.4 cm³/mol. The Hall–Kier alpha value is -2.15. The Morgan fingerprint density at radius 1 is 1.35 bits per heavy atom. The third kappa shape index (κ3) is 3.44. The van der Waals surface area contributed by atoms with E-state index in [1.807, 2.05) is 6.07 Å². The van der Waals surface area contributed by atoms with Crippen molar-refractivity contribution in [1.29, 1.82) is 0 Å². The summed E-state index contributed by atoms with van der Waals surface area (Å²) in [5.74, 6) is -1.71. The third-order valence-electron chi connectivity index (χ3n) is 3.90.